The number of aromatic nitrogens is 5. The van der Waals surface area contributed by atoms with Gasteiger partial charge in [0.05, 0.1) is 11.6 Å². The molecule has 2 aromatic heterocycles. The Labute approximate surface area is 126 Å². The van der Waals surface area contributed by atoms with Crippen LogP contribution in [0, 0.1) is 6.92 Å². The molecule has 112 valence electrons. The maximum atomic E-state index is 12.9. The average molecular weight is 296 g/mol. The van der Waals surface area contributed by atoms with E-state index in [9.17, 15) is 4.79 Å². The fraction of sp³-hybridized carbons (Fsp3) is 0.333. The van der Waals surface area contributed by atoms with Gasteiger partial charge in [-0.2, -0.15) is 10.2 Å². The van der Waals surface area contributed by atoms with Crippen LogP contribution in [-0.2, 0) is 0 Å². The lowest BCUT2D eigenvalue weighted by molar-refractivity contribution is 0.0726. The van der Waals surface area contributed by atoms with E-state index in [1.807, 2.05) is 36.1 Å². The van der Waals surface area contributed by atoms with Gasteiger partial charge in [-0.05, 0) is 25.8 Å². The Kier molecular flexibility index (Phi) is 2.92. The van der Waals surface area contributed by atoms with E-state index >= 15 is 0 Å². The number of carbonyl (C=O) groups excluding carboxylic acids is 1. The second kappa shape index (κ2) is 4.94. The number of para-hydroxylation sites is 1. The van der Waals surface area contributed by atoms with Crippen molar-refractivity contribution in [3.8, 4) is 0 Å². The number of amides is 1. The molecule has 7 heteroatoms. The van der Waals surface area contributed by atoms with Gasteiger partial charge in [0.15, 0.2) is 11.5 Å². The van der Waals surface area contributed by atoms with E-state index in [1.165, 1.54) is 0 Å². The predicted octanol–water partition coefficient (Wildman–Crippen LogP) is 1.97. The van der Waals surface area contributed by atoms with Crippen molar-refractivity contribution in [3.63, 3.8) is 0 Å². The fourth-order valence-corrected chi connectivity index (χ4v) is 3.05. The summed E-state index contributed by atoms with van der Waals surface area (Å²) in [5.41, 5.74) is 1.34. The van der Waals surface area contributed by atoms with E-state index in [-0.39, 0.29) is 11.9 Å². The van der Waals surface area contributed by atoms with Crippen molar-refractivity contribution in [2.45, 2.75) is 25.8 Å². The number of hydrogen-bond acceptors (Lipinski definition) is 4. The summed E-state index contributed by atoms with van der Waals surface area (Å²) in [6.07, 6.45) is 1.83. The van der Waals surface area contributed by atoms with E-state index in [1.54, 1.807) is 0 Å². The standard InChI is InChI=1S/C15H16N6O/c1-9-16-14(20-17-9)12-7-4-8-21(12)15(22)13-10-5-2-3-6-11(10)18-19-13/h2-3,5-6,12H,4,7-8H2,1H3,(H,18,19)(H,16,17,20)/t12-/m1/s1. The van der Waals surface area contributed by atoms with Gasteiger partial charge in [0, 0.05) is 11.9 Å². The molecule has 1 fully saturated rings. The molecule has 22 heavy (non-hydrogen) atoms. The highest BCUT2D eigenvalue weighted by atomic mass is 16.2. The van der Waals surface area contributed by atoms with Crippen LogP contribution in [0.2, 0.25) is 0 Å². The highest BCUT2D eigenvalue weighted by Crippen LogP contribution is 2.31. The first kappa shape index (κ1) is 13.0. The third kappa shape index (κ3) is 1.97. The van der Waals surface area contributed by atoms with E-state index in [0.29, 0.717) is 18.1 Å². The summed E-state index contributed by atoms with van der Waals surface area (Å²) < 4.78 is 0. The number of carbonyl (C=O) groups is 1. The van der Waals surface area contributed by atoms with Crippen molar-refractivity contribution in [1.82, 2.24) is 30.3 Å². The van der Waals surface area contributed by atoms with Crippen LogP contribution >= 0.6 is 0 Å². The Balaban J connectivity index is 1.69. The van der Waals surface area contributed by atoms with Crippen LogP contribution in [0.1, 0.15) is 41.0 Å². The summed E-state index contributed by atoms with van der Waals surface area (Å²) in [6.45, 7) is 2.57. The second-order valence-corrected chi connectivity index (χ2v) is 5.55. The molecule has 1 saturated heterocycles. The van der Waals surface area contributed by atoms with Gasteiger partial charge in [0.2, 0.25) is 0 Å². The number of H-pyrrole nitrogens is 2. The number of nitrogens with zero attached hydrogens (tertiary/aromatic N) is 4. The first-order valence-corrected chi connectivity index (χ1v) is 7.37. The number of benzene rings is 1. The lowest BCUT2D eigenvalue weighted by Gasteiger charge is -2.21. The molecule has 1 atom stereocenters. The van der Waals surface area contributed by atoms with Crippen molar-refractivity contribution >= 4 is 16.8 Å². The van der Waals surface area contributed by atoms with Crippen molar-refractivity contribution in [2.75, 3.05) is 6.54 Å². The SMILES string of the molecule is Cc1nc([C@H]2CCCN2C(=O)c2n[nH]c3ccccc23)n[nH]1. The summed E-state index contributed by atoms with van der Waals surface area (Å²) in [4.78, 5) is 19.1. The van der Waals surface area contributed by atoms with Gasteiger partial charge in [-0.15, -0.1) is 0 Å². The second-order valence-electron chi connectivity index (χ2n) is 5.55. The lowest BCUT2D eigenvalue weighted by atomic mass is 10.1. The van der Waals surface area contributed by atoms with Crippen molar-refractivity contribution in [2.24, 2.45) is 0 Å². The molecule has 0 saturated carbocycles. The Hall–Kier alpha value is -2.70. The van der Waals surface area contributed by atoms with Gasteiger partial charge in [0.25, 0.3) is 5.91 Å². The monoisotopic (exact) mass is 296 g/mol. The van der Waals surface area contributed by atoms with Crippen molar-refractivity contribution < 1.29 is 4.79 Å². The van der Waals surface area contributed by atoms with E-state index in [4.69, 9.17) is 0 Å². The number of aromatic amines is 2. The molecule has 1 aliphatic heterocycles. The maximum Gasteiger partial charge on any atom is 0.275 e. The molecule has 7 nitrogen and oxygen atoms in total. The molecule has 1 aliphatic rings. The van der Waals surface area contributed by atoms with Crippen LogP contribution in [0.3, 0.4) is 0 Å². The normalized spacial score (nSPS) is 18.2. The molecule has 0 unspecified atom stereocenters. The molecule has 3 aromatic rings. The number of rotatable bonds is 2. The van der Waals surface area contributed by atoms with Gasteiger partial charge in [0.1, 0.15) is 5.82 Å². The predicted molar refractivity (Wildman–Crippen MR) is 80.2 cm³/mol. The van der Waals surface area contributed by atoms with Crippen LogP contribution < -0.4 is 0 Å². The number of aryl methyl sites for hydroxylation is 1. The summed E-state index contributed by atoms with van der Waals surface area (Å²) in [5, 5.41) is 15.0. The van der Waals surface area contributed by atoms with Gasteiger partial charge in [-0.1, -0.05) is 18.2 Å². The van der Waals surface area contributed by atoms with Gasteiger partial charge < -0.3 is 4.90 Å². The molecule has 0 spiro atoms. The average Bonchev–Trinajstić information content (AvgIpc) is 3.25. The molecule has 0 aliphatic carbocycles. The Morgan fingerprint density at radius 3 is 2.95 bits per heavy atom. The van der Waals surface area contributed by atoms with Crippen LogP contribution in [0.15, 0.2) is 24.3 Å². The topological polar surface area (TPSA) is 90.6 Å². The zero-order valence-corrected chi connectivity index (χ0v) is 12.2. The zero-order chi connectivity index (χ0) is 15.1. The largest absolute Gasteiger partial charge is 0.327 e. The molecular formula is C15H16N6O. The Bertz CT molecular complexity index is 835. The van der Waals surface area contributed by atoms with Crippen LogP contribution in [0.5, 0.6) is 0 Å². The number of fused-ring (bicyclic) bond motifs is 1. The summed E-state index contributed by atoms with van der Waals surface area (Å²) in [7, 11) is 0. The molecule has 4 rings (SSSR count). The smallest absolute Gasteiger partial charge is 0.275 e. The minimum Gasteiger partial charge on any atom is -0.327 e. The minimum atomic E-state index is -0.0760. The Morgan fingerprint density at radius 1 is 1.27 bits per heavy atom. The first-order chi connectivity index (χ1) is 10.7. The summed E-state index contributed by atoms with van der Waals surface area (Å²) in [5.74, 6) is 1.38. The first-order valence-electron chi connectivity index (χ1n) is 7.37. The van der Waals surface area contributed by atoms with E-state index in [2.05, 4.69) is 25.4 Å². The third-order valence-electron chi connectivity index (χ3n) is 4.10. The highest BCUT2D eigenvalue weighted by molar-refractivity contribution is 6.04. The molecule has 2 N–H and O–H groups in total. The zero-order valence-electron chi connectivity index (χ0n) is 12.2. The maximum absolute atomic E-state index is 12.9. The quantitative estimate of drug-likeness (QED) is 0.756. The lowest BCUT2D eigenvalue weighted by Crippen LogP contribution is -2.31. The molecular weight excluding hydrogens is 280 g/mol. The molecule has 0 radical (unpaired) electrons. The minimum absolute atomic E-state index is 0.0672. The number of likely N-dealkylation sites (tertiary alicyclic amines) is 1. The fourth-order valence-electron chi connectivity index (χ4n) is 3.05. The van der Waals surface area contributed by atoms with E-state index in [0.717, 1.165) is 29.6 Å². The van der Waals surface area contributed by atoms with Crippen molar-refractivity contribution in [1.29, 1.82) is 0 Å². The van der Waals surface area contributed by atoms with Crippen LogP contribution in [-0.4, -0.2) is 42.7 Å². The van der Waals surface area contributed by atoms with Crippen molar-refractivity contribution in [3.05, 3.63) is 41.6 Å². The molecule has 3 heterocycles. The van der Waals surface area contributed by atoms with Gasteiger partial charge in [-0.25, -0.2) is 4.98 Å². The van der Waals surface area contributed by atoms with E-state index < -0.39 is 0 Å². The molecule has 1 amide bonds. The number of hydrogen-bond donors (Lipinski definition) is 2. The third-order valence-corrected chi connectivity index (χ3v) is 4.10. The van der Waals surface area contributed by atoms with Gasteiger partial charge in [-0.3, -0.25) is 15.0 Å². The van der Waals surface area contributed by atoms with Crippen LogP contribution in [0.25, 0.3) is 10.9 Å². The van der Waals surface area contributed by atoms with Crippen LogP contribution in [0.4, 0.5) is 0 Å². The number of nitrogens with one attached hydrogen (secondary N) is 2. The summed E-state index contributed by atoms with van der Waals surface area (Å²) in [6, 6.07) is 7.58. The molecule has 1 aromatic carbocycles. The Morgan fingerprint density at radius 2 is 2.14 bits per heavy atom. The highest BCUT2D eigenvalue weighted by Gasteiger charge is 2.34. The molecule has 0 bridgehead atoms. The summed E-state index contributed by atoms with van der Waals surface area (Å²) >= 11 is 0. The van der Waals surface area contributed by atoms with Gasteiger partial charge >= 0.3 is 0 Å².